The molecule has 6 heteroatoms. The van der Waals surface area contributed by atoms with Gasteiger partial charge >= 0.3 is 0 Å². The van der Waals surface area contributed by atoms with Gasteiger partial charge in [0.25, 0.3) is 0 Å². The van der Waals surface area contributed by atoms with Gasteiger partial charge in [0.05, 0.1) is 12.6 Å². The summed E-state index contributed by atoms with van der Waals surface area (Å²) in [5, 5.41) is 8.50. The highest BCUT2D eigenvalue weighted by molar-refractivity contribution is 5.82. The topological polar surface area (TPSA) is 66.0 Å². The van der Waals surface area contributed by atoms with E-state index < -0.39 is 0 Å². The van der Waals surface area contributed by atoms with Crippen molar-refractivity contribution in [2.75, 3.05) is 7.11 Å². The van der Waals surface area contributed by atoms with Crippen molar-refractivity contribution in [2.24, 2.45) is 5.92 Å². The molecule has 0 aliphatic heterocycles. The van der Waals surface area contributed by atoms with Crippen LogP contribution in [-0.2, 0) is 6.54 Å². The minimum atomic E-state index is 0.515. The van der Waals surface area contributed by atoms with Gasteiger partial charge in [-0.25, -0.2) is 9.67 Å². The Morgan fingerprint density at radius 1 is 1.12 bits per heavy atom. The first-order chi connectivity index (χ1) is 11.6. The van der Waals surface area contributed by atoms with Gasteiger partial charge in [0.1, 0.15) is 16.8 Å². The molecule has 4 rings (SSSR count). The predicted molar refractivity (Wildman–Crippen MR) is 91.9 cm³/mol. The molecule has 0 spiro atoms. The molecule has 6 nitrogen and oxygen atoms in total. The number of oxazole rings is 1. The van der Waals surface area contributed by atoms with Gasteiger partial charge in [-0.3, -0.25) is 0 Å². The summed E-state index contributed by atoms with van der Waals surface area (Å²) < 4.78 is 13.0. The lowest BCUT2D eigenvalue weighted by Crippen LogP contribution is -2.05. The second kappa shape index (κ2) is 5.63. The van der Waals surface area contributed by atoms with E-state index in [1.807, 2.05) is 41.1 Å². The quantitative estimate of drug-likeness (QED) is 0.570. The summed E-state index contributed by atoms with van der Waals surface area (Å²) in [5.74, 6) is 1.84. The van der Waals surface area contributed by atoms with Crippen LogP contribution in [0.3, 0.4) is 0 Å². The number of fused-ring (bicyclic) bond motifs is 2. The molecule has 2 heterocycles. The Morgan fingerprint density at radius 3 is 2.79 bits per heavy atom. The Morgan fingerprint density at radius 2 is 2.00 bits per heavy atom. The molecule has 0 atom stereocenters. The van der Waals surface area contributed by atoms with E-state index in [9.17, 15) is 0 Å². The molecule has 2 aromatic carbocycles. The maximum atomic E-state index is 5.85. The molecule has 24 heavy (non-hydrogen) atoms. The van der Waals surface area contributed by atoms with Crippen molar-refractivity contribution in [3.05, 3.63) is 36.4 Å². The van der Waals surface area contributed by atoms with Crippen LogP contribution in [0, 0.1) is 5.92 Å². The van der Waals surface area contributed by atoms with Gasteiger partial charge in [-0.15, -0.1) is 5.10 Å². The largest absolute Gasteiger partial charge is 0.497 e. The number of nitrogens with zero attached hydrogens (tertiary/aromatic N) is 4. The van der Waals surface area contributed by atoms with Gasteiger partial charge in [-0.2, -0.15) is 0 Å². The van der Waals surface area contributed by atoms with Crippen LogP contribution in [0.5, 0.6) is 5.75 Å². The molecule has 2 aromatic heterocycles. The number of rotatable bonds is 4. The molecule has 4 aromatic rings. The second-order valence-corrected chi connectivity index (χ2v) is 6.22. The standard InChI is InChI=1S/C18H18N4O2/c1-11(2)10-22-16-6-4-12(8-14(16)20-21-22)18-19-15-9-13(23-3)5-7-17(15)24-18/h4-9,11H,10H2,1-3H3. The normalized spacial score (nSPS) is 11.7. The fourth-order valence-electron chi connectivity index (χ4n) is 2.74. The Kier molecular flexibility index (Phi) is 3.45. The first-order valence-corrected chi connectivity index (χ1v) is 7.92. The summed E-state index contributed by atoms with van der Waals surface area (Å²) in [5.41, 5.74) is 4.25. The third-order valence-electron chi connectivity index (χ3n) is 3.89. The van der Waals surface area contributed by atoms with Gasteiger partial charge in [0.15, 0.2) is 5.58 Å². The Bertz CT molecular complexity index is 1020. The summed E-state index contributed by atoms with van der Waals surface area (Å²) in [4.78, 5) is 4.55. The van der Waals surface area contributed by atoms with E-state index in [1.54, 1.807) is 7.11 Å². The van der Waals surface area contributed by atoms with Gasteiger partial charge in [-0.1, -0.05) is 19.1 Å². The summed E-state index contributed by atoms with van der Waals surface area (Å²) in [6.45, 7) is 5.17. The van der Waals surface area contributed by atoms with Crippen molar-refractivity contribution in [3.8, 4) is 17.2 Å². The average Bonchev–Trinajstić information content (AvgIpc) is 3.17. The first-order valence-electron chi connectivity index (χ1n) is 7.92. The van der Waals surface area contributed by atoms with Crippen molar-refractivity contribution < 1.29 is 9.15 Å². The Hall–Kier alpha value is -2.89. The fraction of sp³-hybridized carbons (Fsp3) is 0.278. The summed E-state index contributed by atoms with van der Waals surface area (Å²) in [7, 11) is 1.64. The van der Waals surface area contributed by atoms with Crippen LogP contribution in [0.2, 0.25) is 0 Å². The lowest BCUT2D eigenvalue weighted by atomic mass is 10.2. The van der Waals surface area contributed by atoms with E-state index in [0.29, 0.717) is 11.8 Å². The van der Waals surface area contributed by atoms with E-state index in [1.165, 1.54) is 0 Å². The lowest BCUT2D eigenvalue weighted by molar-refractivity contribution is 0.415. The monoisotopic (exact) mass is 322 g/mol. The molecule has 0 amide bonds. The van der Waals surface area contributed by atoms with Crippen LogP contribution >= 0.6 is 0 Å². The highest BCUT2D eigenvalue weighted by Gasteiger charge is 2.12. The van der Waals surface area contributed by atoms with Crippen LogP contribution < -0.4 is 4.74 Å². The lowest BCUT2D eigenvalue weighted by Gasteiger charge is -2.04. The predicted octanol–water partition coefficient (Wildman–Crippen LogP) is 3.90. The van der Waals surface area contributed by atoms with Gasteiger partial charge < -0.3 is 9.15 Å². The van der Waals surface area contributed by atoms with Gasteiger partial charge in [0, 0.05) is 18.2 Å². The van der Waals surface area contributed by atoms with Crippen LogP contribution in [-0.4, -0.2) is 27.1 Å². The van der Waals surface area contributed by atoms with Crippen molar-refractivity contribution in [1.29, 1.82) is 0 Å². The maximum absolute atomic E-state index is 5.85. The smallest absolute Gasteiger partial charge is 0.227 e. The molecule has 0 aliphatic rings. The number of ether oxygens (including phenoxy) is 1. The van der Waals surface area contributed by atoms with Crippen molar-refractivity contribution in [1.82, 2.24) is 20.0 Å². The second-order valence-electron chi connectivity index (χ2n) is 6.22. The number of hydrogen-bond donors (Lipinski definition) is 0. The Balaban J connectivity index is 1.76. The Labute approximate surface area is 139 Å². The molecular formula is C18H18N4O2. The maximum Gasteiger partial charge on any atom is 0.227 e. The third-order valence-corrected chi connectivity index (χ3v) is 3.89. The summed E-state index contributed by atoms with van der Waals surface area (Å²) in [6, 6.07) is 11.5. The van der Waals surface area contributed by atoms with Gasteiger partial charge in [0.2, 0.25) is 5.89 Å². The minimum Gasteiger partial charge on any atom is -0.497 e. The van der Waals surface area contributed by atoms with Crippen molar-refractivity contribution >= 4 is 22.1 Å². The average molecular weight is 322 g/mol. The van der Waals surface area contributed by atoms with E-state index in [0.717, 1.165) is 40.0 Å². The van der Waals surface area contributed by atoms with Crippen molar-refractivity contribution in [2.45, 2.75) is 20.4 Å². The zero-order chi connectivity index (χ0) is 16.7. The number of hydrogen-bond acceptors (Lipinski definition) is 5. The molecule has 0 aliphatic carbocycles. The van der Waals surface area contributed by atoms with E-state index in [2.05, 4.69) is 29.1 Å². The molecule has 0 saturated heterocycles. The van der Waals surface area contributed by atoms with Crippen LogP contribution in [0.4, 0.5) is 0 Å². The SMILES string of the molecule is COc1ccc2oc(-c3ccc4c(c3)nnn4CC(C)C)nc2c1. The third kappa shape index (κ3) is 2.50. The van der Waals surface area contributed by atoms with E-state index >= 15 is 0 Å². The summed E-state index contributed by atoms with van der Waals surface area (Å²) in [6.07, 6.45) is 0. The zero-order valence-corrected chi connectivity index (χ0v) is 13.9. The first kappa shape index (κ1) is 14.7. The van der Waals surface area contributed by atoms with Crippen LogP contribution in [0.15, 0.2) is 40.8 Å². The highest BCUT2D eigenvalue weighted by atomic mass is 16.5. The number of benzene rings is 2. The molecular weight excluding hydrogens is 304 g/mol. The van der Waals surface area contributed by atoms with Gasteiger partial charge in [-0.05, 0) is 36.2 Å². The molecule has 0 fully saturated rings. The number of methoxy groups -OCH3 is 1. The van der Waals surface area contributed by atoms with Crippen LogP contribution in [0.25, 0.3) is 33.6 Å². The zero-order valence-electron chi connectivity index (χ0n) is 13.9. The van der Waals surface area contributed by atoms with E-state index in [4.69, 9.17) is 9.15 Å². The molecule has 0 saturated carbocycles. The molecule has 0 radical (unpaired) electrons. The molecule has 0 unspecified atom stereocenters. The highest BCUT2D eigenvalue weighted by Crippen LogP contribution is 2.28. The van der Waals surface area contributed by atoms with Crippen molar-refractivity contribution in [3.63, 3.8) is 0 Å². The summed E-state index contributed by atoms with van der Waals surface area (Å²) >= 11 is 0. The fourth-order valence-corrected chi connectivity index (χ4v) is 2.74. The van der Waals surface area contributed by atoms with Crippen LogP contribution in [0.1, 0.15) is 13.8 Å². The molecule has 122 valence electrons. The van der Waals surface area contributed by atoms with E-state index in [-0.39, 0.29) is 0 Å². The number of aromatic nitrogens is 4. The minimum absolute atomic E-state index is 0.515. The molecule has 0 bridgehead atoms. The molecule has 0 N–H and O–H groups in total.